The zero-order valence-electron chi connectivity index (χ0n) is 14.9. The molecule has 3 heterocycles. The lowest BCUT2D eigenvalue weighted by molar-refractivity contribution is 0.369. The average Bonchev–Trinajstić information content (AvgIpc) is 3.38. The van der Waals surface area contributed by atoms with Gasteiger partial charge in [-0.15, -0.1) is 11.3 Å². The van der Waals surface area contributed by atoms with Crippen molar-refractivity contribution in [3.8, 4) is 22.5 Å². The first-order valence-corrected chi connectivity index (χ1v) is 10.1. The van der Waals surface area contributed by atoms with E-state index in [9.17, 15) is 4.79 Å². The molecule has 0 N–H and O–H groups in total. The van der Waals surface area contributed by atoms with E-state index >= 15 is 0 Å². The number of fused-ring (bicyclic) bond motifs is 1. The Hall–Kier alpha value is -3.29. The highest BCUT2D eigenvalue weighted by molar-refractivity contribution is 7.17. The van der Waals surface area contributed by atoms with Crippen molar-refractivity contribution in [2.75, 3.05) is 0 Å². The van der Waals surface area contributed by atoms with Gasteiger partial charge in [-0.1, -0.05) is 59.2 Å². The molecule has 0 unspecified atom stereocenters. The molecule has 29 heavy (non-hydrogen) atoms. The maximum absolute atomic E-state index is 13.1. The summed E-state index contributed by atoms with van der Waals surface area (Å²) in [4.78, 5) is 22.7. The average molecular weight is 421 g/mol. The molecule has 0 amide bonds. The molecule has 8 heteroatoms. The van der Waals surface area contributed by atoms with Crippen LogP contribution < -0.4 is 5.56 Å². The Morgan fingerprint density at radius 3 is 2.72 bits per heavy atom. The lowest BCUT2D eigenvalue weighted by Crippen LogP contribution is -2.21. The van der Waals surface area contributed by atoms with E-state index in [-0.39, 0.29) is 12.1 Å². The SMILES string of the molecule is O=c1c2c(-c3ccccc3)csc2ncn1Cc1nc(-c2cccc(Cl)c2)no1. The van der Waals surface area contributed by atoms with Gasteiger partial charge in [-0.25, -0.2) is 4.98 Å². The van der Waals surface area contributed by atoms with E-state index in [1.165, 1.54) is 22.2 Å². The summed E-state index contributed by atoms with van der Waals surface area (Å²) in [5.74, 6) is 0.741. The zero-order valence-corrected chi connectivity index (χ0v) is 16.5. The Kier molecular flexibility index (Phi) is 4.46. The lowest BCUT2D eigenvalue weighted by Gasteiger charge is -2.03. The number of rotatable bonds is 4. The van der Waals surface area contributed by atoms with Crippen LogP contribution in [0.15, 0.2) is 75.6 Å². The normalized spacial score (nSPS) is 11.2. The van der Waals surface area contributed by atoms with Crippen LogP contribution in [0.5, 0.6) is 0 Å². The molecule has 5 aromatic rings. The maximum Gasteiger partial charge on any atom is 0.263 e. The zero-order chi connectivity index (χ0) is 19.8. The Bertz CT molecular complexity index is 1370. The molecule has 0 aliphatic heterocycles. The fraction of sp³-hybridized carbons (Fsp3) is 0.0476. The summed E-state index contributed by atoms with van der Waals surface area (Å²) in [5, 5.41) is 7.14. The minimum Gasteiger partial charge on any atom is -0.337 e. The molecule has 0 aliphatic carbocycles. The van der Waals surface area contributed by atoms with Crippen LogP contribution >= 0.6 is 22.9 Å². The van der Waals surface area contributed by atoms with Crippen LogP contribution in [0, 0.1) is 0 Å². The second-order valence-electron chi connectivity index (χ2n) is 6.40. The van der Waals surface area contributed by atoms with Crippen molar-refractivity contribution < 1.29 is 4.52 Å². The predicted octanol–water partition coefficient (Wildman–Crippen LogP) is 4.88. The van der Waals surface area contributed by atoms with Crippen molar-refractivity contribution in [1.82, 2.24) is 19.7 Å². The predicted molar refractivity (Wildman–Crippen MR) is 113 cm³/mol. The summed E-state index contributed by atoms with van der Waals surface area (Å²) >= 11 is 7.48. The van der Waals surface area contributed by atoms with E-state index in [2.05, 4.69) is 15.1 Å². The molecule has 0 saturated carbocycles. The van der Waals surface area contributed by atoms with Crippen LogP contribution in [0.4, 0.5) is 0 Å². The first-order valence-electron chi connectivity index (χ1n) is 8.79. The quantitative estimate of drug-likeness (QED) is 0.414. The molecule has 0 saturated heterocycles. The van der Waals surface area contributed by atoms with Crippen LogP contribution in [-0.4, -0.2) is 19.7 Å². The van der Waals surface area contributed by atoms with Crippen molar-refractivity contribution in [2.24, 2.45) is 0 Å². The van der Waals surface area contributed by atoms with E-state index in [0.717, 1.165) is 16.7 Å². The molecule has 0 fully saturated rings. The van der Waals surface area contributed by atoms with Gasteiger partial charge in [0, 0.05) is 21.5 Å². The van der Waals surface area contributed by atoms with Gasteiger partial charge in [0.15, 0.2) is 0 Å². The Balaban J connectivity index is 1.52. The van der Waals surface area contributed by atoms with Gasteiger partial charge in [0.25, 0.3) is 5.56 Å². The van der Waals surface area contributed by atoms with Crippen LogP contribution in [0.3, 0.4) is 0 Å². The number of hydrogen-bond acceptors (Lipinski definition) is 6. The van der Waals surface area contributed by atoms with Crippen molar-refractivity contribution in [3.63, 3.8) is 0 Å². The topological polar surface area (TPSA) is 73.8 Å². The van der Waals surface area contributed by atoms with Crippen LogP contribution in [0.2, 0.25) is 5.02 Å². The summed E-state index contributed by atoms with van der Waals surface area (Å²) in [6.45, 7) is 0.138. The van der Waals surface area contributed by atoms with Gasteiger partial charge < -0.3 is 4.52 Å². The van der Waals surface area contributed by atoms with Gasteiger partial charge in [-0.2, -0.15) is 4.98 Å². The maximum atomic E-state index is 13.1. The number of thiophene rings is 1. The number of aromatic nitrogens is 4. The second-order valence-corrected chi connectivity index (χ2v) is 7.69. The molecule has 142 valence electrons. The third-order valence-electron chi connectivity index (χ3n) is 4.50. The van der Waals surface area contributed by atoms with Gasteiger partial charge in [0.2, 0.25) is 11.7 Å². The first-order chi connectivity index (χ1) is 14.2. The lowest BCUT2D eigenvalue weighted by atomic mass is 10.1. The van der Waals surface area contributed by atoms with Crippen LogP contribution in [-0.2, 0) is 6.54 Å². The van der Waals surface area contributed by atoms with Crippen LogP contribution in [0.1, 0.15) is 5.89 Å². The minimum atomic E-state index is -0.141. The summed E-state index contributed by atoms with van der Waals surface area (Å²) in [6, 6.07) is 17.0. The number of nitrogens with zero attached hydrogens (tertiary/aromatic N) is 4. The standard InChI is InChI=1S/C21H13ClN4O2S/c22-15-8-4-7-14(9-15)19-24-17(28-25-19)10-26-12-23-20-18(21(26)27)16(11-29-20)13-5-2-1-3-6-13/h1-9,11-12H,10H2. The molecular formula is C21H13ClN4O2S. The molecule has 3 aromatic heterocycles. The third-order valence-corrected chi connectivity index (χ3v) is 5.62. The summed E-state index contributed by atoms with van der Waals surface area (Å²) in [6.07, 6.45) is 1.51. The van der Waals surface area contributed by atoms with E-state index in [4.69, 9.17) is 16.1 Å². The molecule has 0 radical (unpaired) electrons. The van der Waals surface area contributed by atoms with Crippen molar-refractivity contribution in [2.45, 2.75) is 6.54 Å². The smallest absolute Gasteiger partial charge is 0.263 e. The number of hydrogen-bond donors (Lipinski definition) is 0. The van der Waals surface area contributed by atoms with Gasteiger partial charge in [-0.05, 0) is 17.7 Å². The highest BCUT2D eigenvalue weighted by Crippen LogP contribution is 2.30. The molecule has 5 rings (SSSR count). The molecule has 0 bridgehead atoms. The van der Waals surface area contributed by atoms with Gasteiger partial charge in [0.05, 0.1) is 11.7 Å². The van der Waals surface area contributed by atoms with Crippen LogP contribution in [0.25, 0.3) is 32.7 Å². The van der Waals surface area contributed by atoms with Crippen molar-refractivity contribution in [3.05, 3.63) is 87.6 Å². The second kappa shape index (κ2) is 7.27. The third kappa shape index (κ3) is 3.35. The minimum absolute atomic E-state index is 0.138. The fourth-order valence-electron chi connectivity index (χ4n) is 3.12. The molecule has 6 nitrogen and oxygen atoms in total. The molecule has 0 aliphatic rings. The largest absolute Gasteiger partial charge is 0.337 e. The summed E-state index contributed by atoms with van der Waals surface area (Å²) in [5.41, 5.74) is 2.47. The highest BCUT2D eigenvalue weighted by Gasteiger charge is 2.15. The van der Waals surface area contributed by atoms with E-state index < -0.39 is 0 Å². The van der Waals surface area contributed by atoms with Gasteiger partial charge in [-0.3, -0.25) is 9.36 Å². The molecule has 2 aromatic carbocycles. The molecule has 0 atom stereocenters. The molecule has 0 spiro atoms. The highest BCUT2D eigenvalue weighted by atomic mass is 35.5. The van der Waals surface area contributed by atoms with Crippen molar-refractivity contribution >= 4 is 33.2 Å². The fourth-order valence-corrected chi connectivity index (χ4v) is 4.22. The van der Waals surface area contributed by atoms with E-state index in [0.29, 0.717) is 27.0 Å². The number of halogens is 1. The Labute approximate surface area is 174 Å². The van der Waals surface area contributed by atoms with Gasteiger partial charge >= 0.3 is 0 Å². The van der Waals surface area contributed by atoms with E-state index in [1.54, 1.807) is 12.1 Å². The first kappa shape index (κ1) is 17.8. The Morgan fingerprint density at radius 2 is 1.90 bits per heavy atom. The number of benzene rings is 2. The molecular weight excluding hydrogens is 408 g/mol. The summed E-state index contributed by atoms with van der Waals surface area (Å²) in [7, 11) is 0. The monoisotopic (exact) mass is 420 g/mol. The Morgan fingerprint density at radius 1 is 1.07 bits per heavy atom. The van der Waals surface area contributed by atoms with Gasteiger partial charge in [0.1, 0.15) is 11.4 Å². The summed E-state index contributed by atoms with van der Waals surface area (Å²) < 4.78 is 6.82. The van der Waals surface area contributed by atoms with Crippen molar-refractivity contribution in [1.29, 1.82) is 0 Å². The van der Waals surface area contributed by atoms with E-state index in [1.807, 2.05) is 47.8 Å².